The van der Waals surface area contributed by atoms with Gasteiger partial charge in [0.25, 0.3) is 0 Å². The highest BCUT2D eigenvalue weighted by atomic mass is 19.1. The Balaban J connectivity index is 2.33. The van der Waals surface area contributed by atoms with Crippen LogP contribution in [-0.4, -0.2) is 0 Å². The van der Waals surface area contributed by atoms with Crippen LogP contribution in [0.5, 0.6) is 0 Å². The van der Waals surface area contributed by atoms with Crippen LogP contribution in [0.2, 0.25) is 0 Å². The van der Waals surface area contributed by atoms with Gasteiger partial charge in [0.05, 0.1) is 6.04 Å². The highest BCUT2D eigenvalue weighted by Crippen LogP contribution is 2.23. The van der Waals surface area contributed by atoms with Gasteiger partial charge in [-0.05, 0) is 54.7 Å². The summed E-state index contributed by atoms with van der Waals surface area (Å²) in [5, 5.41) is 0. The Bertz CT molecular complexity index is 571. The lowest BCUT2D eigenvalue weighted by Gasteiger charge is -2.19. The van der Waals surface area contributed by atoms with Gasteiger partial charge < -0.3 is 0 Å². The van der Waals surface area contributed by atoms with Crippen molar-refractivity contribution in [2.75, 3.05) is 0 Å². The molecule has 1 atom stereocenters. The van der Waals surface area contributed by atoms with Crippen molar-refractivity contribution in [1.82, 2.24) is 5.43 Å². The number of aryl methyl sites for hydroxylation is 2. The molecule has 20 heavy (non-hydrogen) atoms. The number of benzene rings is 2. The van der Waals surface area contributed by atoms with E-state index in [2.05, 4.69) is 5.43 Å². The first-order valence-electron chi connectivity index (χ1n) is 6.48. The molecule has 0 saturated heterocycles. The second kappa shape index (κ2) is 6.11. The zero-order valence-electron chi connectivity index (χ0n) is 11.6. The van der Waals surface area contributed by atoms with Gasteiger partial charge in [-0.15, -0.1) is 0 Å². The molecule has 2 aromatic carbocycles. The van der Waals surface area contributed by atoms with E-state index in [1.807, 2.05) is 32.0 Å². The average molecular weight is 276 g/mol. The van der Waals surface area contributed by atoms with E-state index in [4.69, 9.17) is 5.84 Å². The zero-order valence-corrected chi connectivity index (χ0v) is 11.6. The summed E-state index contributed by atoms with van der Waals surface area (Å²) in [6.07, 6.45) is 0.581. The molecule has 106 valence electrons. The van der Waals surface area contributed by atoms with Gasteiger partial charge in [-0.25, -0.2) is 8.78 Å². The largest absolute Gasteiger partial charge is 0.271 e. The van der Waals surface area contributed by atoms with Crippen molar-refractivity contribution in [1.29, 1.82) is 0 Å². The van der Waals surface area contributed by atoms with Crippen LogP contribution in [0.3, 0.4) is 0 Å². The van der Waals surface area contributed by atoms with Gasteiger partial charge in [0.15, 0.2) is 0 Å². The highest BCUT2D eigenvalue weighted by molar-refractivity contribution is 5.35. The molecule has 0 heterocycles. The first-order chi connectivity index (χ1) is 9.51. The molecule has 0 bridgehead atoms. The van der Waals surface area contributed by atoms with Crippen LogP contribution >= 0.6 is 0 Å². The summed E-state index contributed by atoms with van der Waals surface area (Å²) in [6.45, 7) is 4.03. The molecule has 0 aliphatic heterocycles. The Hall–Kier alpha value is -1.78. The first kappa shape index (κ1) is 14.6. The molecular formula is C16H18F2N2. The van der Waals surface area contributed by atoms with Crippen LogP contribution in [0.1, 0.15) is 28.3 Å². The molecule has 0 fully saturated rings. The van der Waals surface area contributed by atoms with Crippen molar-refractivity contribution in [3.05, 3.63) is 70.3 Å². The molecule has 1 unspecified atom stereocenters. The molecule has 0 spiro atoms. The van der Waals surface area contributed by atoms with Crippen LogP contribution < -0.4 is 11.3 Å². The zero-order chi connectivity index (χ0) is 14.7. The normalized spacial score (nSPS) is 12.4. The van der Waals surface area contributed by atoms with E-state index in [0.29, 0.717) is 12.0 Å². The van der Waals surface area contributed by atoms with Gasteiger partial charge in [-0.2, -0.15) is 0 Å². The van der Waals surface area contributed by atoms with Crippen LogP contribution in [0, 0.1) is 25.5 Å². The lowest BCUT2D eigenvalue weighted by molar-refractivity contribution is 0.529. The van der Waals surface area contributed by atoms with E-state index in [1.165, 1.54) is 12.1 Å². The van der Waals surface area contributed by atoms with E-state index >= 15 is 0 Å². The van der Waals surface area contributed by atoms with Gasteiger partial charge in [0.2, 0.25) is 0 Å². The molecule has 2 rings (SSSR count). The van der Waals surface area contributed by atoms with Crippen LogP contribution in [0.4, 0.5) is 8.78 Å². The smallest absolute Gasteiger partial charge is 0.126 e. The molecular weight excluding hydrogens is 258 g/mol. The lowest BCUT2D eigenvalue weighted by atomic mass is 9.93. The average Bonchev–Trinajstić information content (AvgIpc) is 2.37. The van der Waals surface area contributed by atoms with Gasteiger partial charge in [-0.1, -0.05) is 18.2 Å². The van der Waals surface area contributed by atoms with Gasteiger partial charge in [0.1, 0.15) is 11.6 Å². The van der Waals surface area contributed by atoms with Crippen molar-refractivity contribution in [3.63, 3.8) is 0 Å². The second-order valence-electron chi connectivity index (χ2n) is 5.00. The topological polar surface area (TPSA) is 38.0 Å². The summed E-state index contributed by atoms with van der Waals surface area (Å²) >= 11 is 0. The minimum absolute atomic E-state index is 0.333. The van der Waals surface area contributed by atoms with Crippen molar-refractivity contribution >= 4 is 0 Å². The van der Waals surface area contributed by atoms with E-state index in [0.717, 1.165) is 22.8 Å². The molecule has 4 heteroatoms. The Morgan fingerprint density at radius 1 is 1.05 bits per heavy atom. The third-order valence-corrected chi connectivity index (χ3v) is 3.54. The minimum Gasteiger partial charge on any atom is -0.271 e. The standard InChI is InChI=1S/C16H18F2N2/c1-10-4-3-5-11(2)15(10)9-16(20-19)12-6-13(17)8-14(18)7-12/h3-8,16,20H,9,19H2,1-2H3. The predicted molar refractivity (Wildman–Crippen MR) is 76.0 cm³/mol. The minimum atomic E-state index is -0.596. The SMILES string of the molecule is Cc1cccc(C)c1CC(NN)c1cc(F)cc(F)c1. The molecule has 2 aromatic rings. The summed E-state index contributed by atoms with van der Waals surface area (Å²) in [6, 6.07) is 9.16. The lowest BCUT2D eigenvalue weighted by Crippen LogP contribution is -2.30. The summed E-state index contributed by atoms with van der Waals surface area (Å²) in [5.41, 5.74) is 6.57. The predicted octanol–water partition coefficient (Wildman–Crippen LogP) is 3.33. The van der Waals surface area contributed by atoms with Gasteiger partial charge >= 0.3 is 0 Å². The fourth-order valence-corrected chi connectivity index (χ4v) is 2.42. The van der Waals surface area contributed by atoms with Crippen molar-refractivity contribution in [2.45, 2.75) is 26.3 Å². The quantitative estimate of drug-likeness (QED) is 0.664. The third-order valence-electron chi connectivity index (χ3n) is 3.54. The van der Waals surface area contributed by atoms with Crippen molar-refractivity contribution < 1.29 is 8.78 Å². The van der Waals surface area contributed by atoms with Crippen LogP contribution in [0.15, 0.2) is 36.4 Å². The molecule has 0 saturated carbocycles. The summed E-state index contributed by atoms with van der Waals surface area (Å²) < 4.78 is 26.6. The summed E-state index contributed by atoms with van der Waals surface area (Å²) in [7, 11) is 0. The number of rotatable bonds is 4. The van der Waals surface area contributed by atoms with Crippen molar-refractivity contribution in [2.24, 2.45) is 5.84 Å². The van der Waals surface area contributed by atoms with E-state index < -0.39 is 11.6 Å². The number of hydrogen-bond donors (Lipinski definition) is 2. The monoisotopic (exact) mass is 276 g/mol. The van der Waals surface area contributed by atoms with E-state index in [1.54, 1.807) is 0 Å². The van der Waals surface area contributed by atoms with Crippen LogP contribution in [0.25, 0.3) is 0 Å². The fraction of sp³-hybridized carbons (Fsp3) is 0.250. The number of halogens is 2. The van der Waals surface area contributed by atoms with Crippen LogP contribution in [-0.2, 0) is 6.42 Å². The Kier molecular flexibility index (Phi) is 4.47. The van der Waals surface area contributed by atoms with Crippen molar-refractivity contribution in [3.8, 4) is 0 Å². The van der Waals surface area contributed by atoms with E-state index in [9.17, 15) is 8.78 Å². The Morgan fingerprint density at radius 3 is 2.10 bits per heavy atom. The molecule has 2 nitrogen and oxygen atoms in total. The van der Waals surface area contributed by atoms with Gasteiger partial charge in [0, 0.05) is 6.07 Å². The van der Waals surface area contributed by atoms with Gasteiger partial charge in [-0.3, -0.25) is 11.3 Å². The molecule has 0 aliphatic carbocycles. The maximum absolute atomic E-state index is 13.3. The molecule has 0 radical (unpaired) electrons. The first-order valence-corrected chi connectivity index (χ1v) is 6.48. The Morgan fingerprint density at radius 2 is 1.60 bits per heavy atom. The molecule has 0 aliphatic rings. The molecule has 3 N–H and O–H groups in total. The number of hydrazine groups is 1. The summed E-state index contributed by atoms with van der Waals surface area (Å²) in [4.78, 5) is 0. The molecule has 0 aromatic heterocycles. The third kappa shape index (κ3) is 3.21. The second-order valence-corrected chi connectivity index (χ2v) is 5.00. The summed E-state index contributed by atoms with van der Waals surface area (Å²) in [5.74, 6) is 4.37. The fourth-order valence-electron chi connectivity index (χ4n) is 2.42. The maximum atomic E-state index is 13.3. The molecule has 0 amide bonds. The number of hydrogen-bond acceptors (Lipinski definition) is 2. The Labute approximate surface area is 117 Å². The maximum Gasteiger partial charge on any atom is 0.126 e. The number of nitrogens with one attached hydrogen (secondary N) is 1. The van der Waals surface area contributed by atoms with E-state index in [-0.39, 0.29) is 6.04 Å². The number of nitrogens with two attached hydrogens (primary N) is 1. The highest BCUT2D eigenvalue weighted by Gasteiger charge is 2.15.